The average molecular weight is 385 g/mol. The van der Waals surface area contributed by atoms with Gasteiger partial charge in [-0.15, -0.1) is 0 Å². The number of rotatable bonds is 4. The van der Waals surface area contributed by atoms with Crippen molar-refractivity contribution < 1.29 is 27.9 Å². The van der Waals surface area contributed by atoms with Gasteiger partial charge in [0.2, 0.25) is 5.91 Å². The Morgan fingerprint density at radius 1 is 1.08 bits per heavy atom. The highest BCUT2D eigenvalue weighted by molar-refractivity contribution is 8.00. The Morgan fingerprint density at radius 2 is 1.65 bits per heavy atom. The van der Waals surface area contributed by atoms with Crippen molar-refractivity contribution in [2.75, 3.05) is 5.32 Å². The number of aliphatic carboxylic acids is 1. The second kappa shape index (κ2) is 5.90. The standard InChI is InChI=1S/C18H18F3NO3S/c19-18(20,21)26-10-3-1-9(2-4-10)22-15(23)13-11-5-6-12(14(13)16(24)25)17(11)7-8-17/h1-4,11-14H,5-8H2,(H,22,23)(H,24,25). The van der Waals surface area contributed by atoms with Crippen LogP contribution < -0.4 is 5.32 Å². The number of carboxylic acids is 1. The number of carboxylic acid groups (broad SMARTS) is 1. The highest BCUT2D eigenvalue weighted by atomic mass is 32.2. The van der Waals surface area contributed by atoms with Gasteiger partial charge in [-0.05, 0) is 79.0 Å². The summed E-state index contributed by atoms with van der Waals surface area (Å²) >= 11 is -0.215. The predicted molar refractivity (Wildman–Crippen MR) is 89.5 cm³/mol. The van der Waals surface area contributed by atoms with Crippen LogP contribution in [-0.4, -0.2) is 22.5 Å². The van der Waals surface area contributed by atoms with Crippen LogP contribution in [0.4, 0.5) is 18.9 Å². The lowest BCUT2D eigenvalue weighted by Crippen LogP contribution is -2.37. The first-order valence-electron chi connectivity index (χ1n) is 8.61. The van der Waals surface area contributed by atoms with Crippen LogP contribution in [0.3, 0.4) is 0 Å². The third kappa shape index (κ3) is 2.88. The summed E-state index contributed by atoms with van der Waals surface area (Å²) in [5, 5.41) is 12.4. The van der Waals surface area contributed by atoms with Crippen LogP contribution in [-0.2, 0) is 9.59 Å². The summed E-state index contributed by atoms with van der Waals surface area (Å²) in [4.78, 5) is 24.6. The van der Waals surface area contributed by atoms with Gasteiger partial charge >= 0.3 is 11.5 Å². The van der Waals surface area contributed by atoms with E-state index in [4.69, 9.17) is 0 Å². The van der Waals surface area contributed by atoms with E-state index in [0.29, 0.717) is 5.69 Å². The molecule has 1 spiro atoms. The summed E-state index contributed by atoms with van der Waals surface area (Å²) in [6.07, 6.45) is 3.75. The topological polar surface area (TPSA) is 66.4 Å². The van der Waals surface area contributed by atoms with Crippen LogP contribution in [0.1, 0.15) is 25.7 Å². The summed E-state index contributed by atoms with van der Waals surface area (Å²) in [6, 6.07) is 5.43. The molecule has 3 saturated carbocycles. The molecule has 26 heavy (non-hydrogen) atoms. The molecule has 4 nitrogen and oxygen atoms in total. The highest BCUT2D eigenvalue weighted by Gasteiger charge is 2.71. The Kier molecular flexibility index (Phi) is 4.02. The van der Waals surface area contributed by atoms with Crippen LogP contribution in [0.15, 0.2) is 29.2 Å². The van der Waals surface area contributed by atoms with E-state index in [9.17, 15) is 27.9 Å². The first kappa shape index (κ1) is 17.7. The fourth-order valence-corrected chi connectivity index (χ4v) is 5.85. The van der Waals surface area contributed by atoms with E-state index < -0.39 is 23.3 Å². The summed E-state index contributed by atoms with van der Waals surface area (Å²) in [6.45, 7) is 0. The Bertz CT molecular complexity index is 745. The number of thioether (sulfide) groups is 1. The van der Waals surface area contributed by atoms with E-state index in [0.717, 1.165) is 25.7 Å². The molecule has 1 amide bonds. The maximum Gasteiger partial charge on any atom is 0.446 e. The molecular weight excluding hydrogens is 367 g/mol. The minimum atomic E-state index is -4.36. The van der Waals surface area contributed by atoms with E-state index in [1.165, 1.54) is 24.3 Å². The van der Waals surface area contributed by atoms with Gasteiger partial charge in [0.25, 0.3) is 0 Å². The first-order valence-corrected chi connectivity index (χ1v) is 9.42. The molecular formula is C18H18F3NO3S. The largest absolute Gasteiger partial charge is 0.481 e. The molecule has 2 bridgehead atoms. The fourth-order valence-electron chi connectivity index (χ4n) is 5.31. The molecule has 3 fully saturated rings. The quantitative estimate of drug-likeness (QED) is 0.755. The number of hydrogen-bond acceptors (Lipinski definition) is 3. The monoisotopic (exact) mass is 385 g/mol. The average Bonchev–Trinajstić information content (AvgIpc) is 3.21. The third-order valence-corrected chi connectivity index (χ3v) is 7.03. The number of anilines is 1. The van der Waals surface area contributed by atoms with Gasteiger partial charge in [0.15, 0.2) is 0 Å². The van der Waals surface area contributed by atoms with Crippen molar-refractivity contribution in [3.05, 3.63) is 24.3 Å². The molecule has 0 aliphatic heterocycles. The number of nitrogens with one attached hydrogen (secondary N) is 1. The van der Waals surface area contributed by atoms with Gasteiger partial charge in [-0.25, -0.2) is 0 Å². The molecule has 3 aliphatic rings. The Labute approximate surface area is 152 Å². The van der Waals surface area contributed by atoms with Crippen molar-refractivity contribution in [2.45, 2.75) is 36.1 Å². The lowest BCUT2D eigenvalue weighted by molar-refractivity contribution is -0.148. The summed E-state index contributed by atoms with van der Waals surface area (Å²) in [7, 11) is 0. The van der Waals surface area contributed by atoms with Gasteiger partial charge in [-0.3, -0.25) is 9.59 Å². The number of benzene rings is 1. The van der Waals surface area contributed by atoms with E-state index in [-0.39, 0.29) is 39.8 Å². The van der Waals surface area contributed by atoms with Crippen LogP contribution >= 0.6 is 11.8 Å². The van der Waals surface area contributed by atoms with Crippen molar-refractivity contribution in [1.29, 1.82) is 0 Å². The maximum absolute atomic E-state index is 12.8. The fraction of sp³-hybridized carbons (Fsp3) is 0.556. The minimum absolute atomic E-state index is 0.0377. The molecule has 0 radical (unpaired) electrons. The molecule has 3 aliphatic carbocycles. The van der Waals surface area contributed by atoms with E-state index in [1.54, 1.807) is 0 Å². The summed E-state index contributed by atoms with van der Waals surface area (Å²) in [5.41, 5.74) is -3.93. The molecule has 0 saturated heterocycles. The molecule has 4 unspecified atom stereocenters. The summed E-state index contributed by atoms with van der Waals surface area (Å²) in [5.74, 6) is -2.28. The van der Waals surface area contributed by atoms with E-state index >= 15 is 0 Å². The van der Waals surface area contributed by atoms with E-state index in [1.807, 2.05) is 0 Å². The van der Waals surface area contributed by atoms with Crippen molar-refractivity contribution in [2.24, 2.45) is 29.1 Å². The Morgan fingerprint density at radius 3 is 2.15 bits per heavy atom. The Balaban J connectivity index is 1.49. The predicted octanol–water partition coefficient (Wildman–Crippen LogP) is 4.37. The second-order valence-corrected chi connectivity index (χ2v) is 8.61. The smallest absolute Gasteiger partial charge is 0.446 e. The molecule has 140 valence electrons. The van der Waals surface area contributed by atoms with Crippen LogP contribution in [0.25, 0.3) is 0 Å². The van der Waals surface area contributed by atoms with Crippen molar-refractivity contribution >= 4 is 29.3 Å². The van der Waals surface area contributed by atoms with Gasteiger partial charge in [0.05, 0.1) is 11.8 Å². The van der Waals surface area contributed by atoms with Crippen LogP contribution in [0.2, 0.25) is 0 Å². The van der Waals surface area contributed by atoms with Crippen molar-refractivity contribution in [3.8, 4) is 0 Å². The van der Waals surface area contributed by atoms with Crippen molar-refractivity contribution in [3.63, 3.8) is 0 Å². The maximum atomic E-state index is 12.8. The number of carbonyl (C=O) groups is 2. The molecule has 4 rings (SSSR count). The first-order chi connectivity index (χ1) is 12.2. The SMILES string of the molecule is O=C(O)C1C(C(=O)Nc2ccc(SC(F)(F)F)cc2)C2CCC1C21CC1. The molecule has 8 heteroatoms. The number of hydrogen-bond donors (Lipinski definition) is 2. The zero-order chi connectivity index (χ0) is 18.7. The van der Waals surface area contributed by atoms with Gasteiger partial charge in [0.1, 0.15) is 0 Å². The Hall–Kier alpha value is -1.70. The zero-order valence-electron chi connectivity index (χ0n) is 13.8. The molecule has 4 atom stereocenters. The highest BCUT2D eigenvalue weighted by Crippen LogP contribution is 2.74. The normalized spacial score (nSPS) is 31.2. The zero-order valence-corrected chi connectivity index (χ0v) is 14.6. The van der Waals surface area contributed by atoms with E-state index in [2.05, 4.69) is 5.32 Å². The molecule has 1 aromatic rings. The second-order valence-electron chi connectivity index (χ2n) is 7.47. The summed E-state index contributed by atoms with van der Waals surface area (Å²) < 4.78 is 37.1. The van der Waals surface area contributed by atoms with Crippen molar-refractivity contribution in [1.82, 2.24) is 0 Å². The van der Waals surface area contributed by atoms with Gasteiger partial charge in [-0.1, -0.05) is 0 Å². The van der Waals surface area contributed by atoms with Crippen LogP contribution in [0, 0.1) is 29.1 Å². The number of amides is 1. The molecule has 0 heterocycles. The van der Waals surface area contributed by atoms with Gasteiger partial charge in [-0.2, -0.15) is 13.2 Å². The minimum Gasteiger partial charge on any atom is -0.481 e. The molecule has 2 N–H and O–H groups in total. The van der Waals surface area contributed by atoms with Gasteiger partial charge in [0, 0.05) is 10.6 Å². The number of halogens is 3. The lowest BCUT2D eigenvalue weighted by atomic mass is 9.78. The van der Waals surface area contributed by atoms with Gasteiger partial charge < -0.3 is 10.4 Å². The molecule has 0 aromatic heterocycles. The van der Waals surface area contributed by atoms with Crippen LogP contribution in [0.5, 0.6) is 0 Å². The molecule has 1 aromatic carbocycles. The number of alkyl halides is 3. The third-order valence-electron chi connectivity index (χ3n) is 6.29. The lowest BCUT2D eigenvalue weighted by Gasteiger charge is -2.26. The number of carbonyl (C=O) groups excluding carboxylic acids is 1.